The molecule has 0 saturated carbocycles. The quantitative estimate of drug-likeness (QED) is 0.307. The van der Waals surface area contributed by atoms with Gasteiger partial charge in [-0.05, 0) is 60.0 Å². The van der Waals surface area contributed by atoms with Gasteiger partial charge in [-0.15, -0.1) is 11.8 Å². The topological polar surface area (TPSA) is 76.5 Å². The van der Waals surface area contributed by atoms with E-state index in [9.17, 15) is 9.59 Å². The van der Waals surface area contributed by atoms with Crippen molar-refractivity contribution in [3.63, 3.8) is 0 Å². The van der Waals surface area contributed by atoms with E-state index in [1.165, 1.54) is 0 Å². The molecule has 2 aromatic heterocycles. The van der Waals surface area contributed by atoms with Gasteiger partial charge in [0.05, 0.1) is 29.5 Å². The maximum Gasteiger partial charge on any atom is 0.240 e. The highest BCUT2D eigenvalue weighted by molar-refractivity contribution is 8.00. The number of anilines is 1. The maximum absolute atomic E-state index is 13.7. The van der Waals surface area contributed by atoms with Gasteiger partial charge >= 0.3 is 0 Å². The van der Waals surface area contributed by atoms with Gasteiger partial charge in [-0.3, -0.25) is 14.5 Å². The van der Waals surface area contributed by atoms with E-state index in [1.807, 2.05) is 68.4 Å². The minimum Gasteiger partial charge on any atom is -0.497 e. The number of ether oxygens (including phenoxy) is 1. The first-order valence-electron chi connectivity index (χ1n) is 12.6. The highest BCUT2D eigenvalue weighted by atomic mass is 32.2. The second kappa shape index (κ2) is 11.4. The largest absolute Gasteiger partial charge is 0.497 e. The van der Waals surface area contributed by atoms with Crippen molar-refractivity contribution in [2.45, 2.75) is 31.6 Å². The fourth-order valence-electron chi connectivity index (χ4n) is 4.49. The Morgan fingerprint density at radius 2 is 1.92 bits per heavy atom. The standard InChI is InChI=1S/C29H30N4O3S2/c1-4-19(2)30-24(34)16-32-25(35)18-38-28(21-14-15-37-17-21)26-27(20-8-6-5-7-9-20)31-33(29(26)32)22-10-12-23(36-3)13-11-22/h5-15,17,19,28H,4,16,18H2,1-3H3,(H,30,34)/t19-,28-/m0/s1. The summed E-state index contributed by atoms with van der Waals surface area (Å²) < 4.78 is 7.17. The molecular formula is C29H30N4O3S2. The molecule has 0 spiro atoms. The van der Waals surface area contributed by atoms with Gasteiger partial charge in [0.2, 0.25) is 11.8 Å². The number of benzene rings is 2. The molecule has 1 N–H and O–H groups in total. The van der Waals surface area contributed by atoms with Crippen LogP contribution in [0.4, 0.5) is 5.82 Å². The normalized spacial score (nSPS) is 16.0. The minimum atomic E-state index is -0.193. The number of amides is 2. The summed E-state index contributed by atoms with van der Waals surface area (Å²) in [6.45, 7) is 3.90. The lowest BCUT2D eigenvalue weighted by atomic mass is 10.0. The lowest BCUT2D eigenvalue weighted by molar-refractivity contribution is -0.123. The van der Waals surface area contributed by atoms with Crippen molar-refractivity contribution in [2.75, 3.05) is 24.3 Å². The Bertz CT molecular complexity index is 1400. The average Bonchev–Trinajstić information content (AvgIpc) is 3.59. The number of nitrogens with one attached hydrogen (secondary N) is 1. The Balaban J connectivity index is 1.75. The van der Waals surface area contributed by atoms with E-state index in [0.29, 0.717) is 5.82 Å². The minimum absolute atomic E-state index is 0.0170. The second-order valence-electron chi connectivity index (χ2n) is 9.17. The fourth-order valence-corrected chi connectivity index (χ4v) is 6.45. The molecule has 0 radical (unpaired) electrons. The number of fused-ring (bicyclic) bond motifs is 1. The van der Waals surface area contributed by atoms with Crippen LogP contribution in [-0.4, -0.2) is 47.0 Å². The predicted molar refractivity (Wildman–Crippen MR) is 154 cm³/mol. The summed E-state index contributed by atoms with van der Waals surface area (Å²) in [5.74, 6) is 1.29. The molecule has 0 unspecified atom stereocenters. The van der Waals surface area contributed by atoms with Crippen LogP contribution in [0.3, 0.4) is 0 Å². The molecule has 196 valence electrons. The Morgan fingerprint density at radius 3 is 2.58 bits per heavy atom. The third-order valence-corrected chi connectivity index (χ3v) is 8.58. The summed E-state index contributed by atoms with van der Waals surface area (Å²) in [7, 11) is 1.63. The summed E-state index contributed by atoms with van der Waals surface area (Å²) in [5.41, 5.74) is 4.57. The van der Waals surface area contributed by atoms with Crippen LogP contribution in [0.1, 0.15) is 36.6 Å². The summed E-state index contributed by atoms with van der Waals surface area (Å²) in [4.78, 5) is 28.4. The van der Waals surface area contributed by atoms with Crippen LogP contribution < -0.4 is 15.0 Å². The van der Waals surface area contributed by atoms with Crippen LogP contribution in [-0.2, 0) is 9.59 Å². The number of rotatable bonds is 8. The third kappa shape index (κ3) is 5.21. The Morgan fingerprint density at radius 1 is 1.16 bits per heavy atom. The Labute approximate surface area is 230 Å². The molecule has 0 bridgehead atoms. The van der Waals surface area contributed by atoms with Crippen LogP contribution >= 0.6 is 23.1 Å². The van der Waals surface area contributed by atoms with Gasteiger partial charge < -0.3 is 10.1 Å². The van der Waals surface area contributed by atoms with Gasteiger partial charge in [0, 0.05) is 17.2 Å². The molecule has 2 amide bonds. The van der Waals surface area contributed by atoms with Gasteiger partial charge in [0.1, 0.15) is 18.1 Å². The number of carbonyl (C=O) groups is 2. The number of hydrogen-bond donors (Lipinski definition) is 1. The van der Waals surface area contributed by atoms with Crippen molar-refractivity contribution in [3.05, 3.63) is 82.6 Å². The highest BCUT2D eigenvalue weighted by Crippen LogP contribution is 2.48. The van der Waals surface area contributed by atoms with Crippen molar-refractivity contribution < 1.29 is 14.3 Å². The molecule has 0 fully saturated rings. The van der Waals surface area contributed by atoms with Crippen LogP contribution in [0.25, 0.3) is 16.9 Å². The van der Waals surface area contributed by atoms with Crippen molar-refractivity contribution in [1.29, 1.82) is 0 Å². The molecule has 9 heteroatoms. The van der Waals surface area contributed by atoms with E-state index in [4.69, 9.17) is 9.84 Å². The van der Waals surface area contributed by atoms with Crippen LogP contribution in [0.15, 0.2) is 71.4 Å². The molecule has 5 rings (SSSR count). The number of nitrogens with zero attached hydrogens (tertiary/aromatic N) is 3. The zero-order valence-electron chi connectivity index (χ0n) is 21.6. The second-order valence-corrected chi connectivity index (χ2v) is 11.0. The summed E-state index contributed by atoms with van der Waals surface area (Å²) in [6, 6.07) is 19.7. The zero-order valence-corrected chi connectivity index (χ0v) is 23.2. The van der Waals surface area contributed by atoms with Crippen LogP contribution in [0.2, 0.25) is 0 Å². The molecule has 4 aromatic rings. The highest BCUT2D eigenvalue weighted by Gasteiger charge is 2.37. The first-order chi connectivity index (χ1) is 18.5. The zero-order chi connectivity index (χ0) is 26.6. The summed E-state index contributed by atoms with van der Waals surface area (Å²) in [5, 5.41) is 12.2. The van der Waals surface area contributed by atoms with Gasteiger partial charge in [0.25, 0.3) is 0 Å². The van der Waals surface area contributed by atoms with E-state index in [1.54, 1.807) is 39.8 Å². The maximum atomic E-state index is 13.7. The van der Waals surface area contributed by atoms with E-state index in [0.717, 1.165) is 40.2 Å². The molecule has 7 nitrogen and oxygen atoms in total. The summed E-state index contributed by atoms with van der Waals surface area (Å²) in [6.07, 6.45) is 0.808. The van der Waals surface area contributed by atoms with Crippen LogP contribution in [0, 0.1) is 0 Å². The molecule has 3 heterocycles. The van der Waals surface area contributed by atoms with Crippen molar-refractivity contribution >= 4 is 40.7 Å². The molecule has 2 aromatic carbocycles. The SMILES string of the molecule is CC[C@H](C)NC(=O)CN1C(=O)CS[C@@H](c2ccsc2)c2c(-c3ccccc3)nn(-c3ccc(OC)cc3)c21. The fraction of sp³-hybridized carbons (Fsp3) is 0.276. The first kappa shape index (κ1) is 26.1. The monoisotopic (exact) mass is 546 g/mol. The van der Waals surface area contributed by atoms with E-state index in [2.05, 4.69) is 22.1 Å². The lowest BCUT2D eigenvalue weighted by Gasteiger charge is -2.24. The van der Waals surface area contributed by atoms with Crippen molar-refractivity contribution in [1.82, 2.24) is 15.1 Å². The molecule has 1 aliphatic rings. The Kier molecular flexibility index (Phi) is 7.85. The molecular weight excluding hydrogens is 516 g/mol. The summed E-state index contributed by atoms with van der Waals surface area (Å²) >= 11 is 3.20. The van der Waals surface area contributed by atoms with Crippen molar-refractivity contribution in [2.24, 2.45) is 0 Å². The molecule has 1 aliphatic heterocycles. The third-order valence-electron chi connectivity index (χ3n) is 6.62. The first-order valence-corrected chi connectivity index (χ1v) is 14.6. The van der Waals surface area contributed by atoms with Gasteiger partial charge in [-0.25, -0.2) is 4.68 Å². The number of methoxy groups -OCH3 is 1. The van der Waals surface area contributed by atoms with E-state index < -0.39 is 0 Å². The lowest BCUT2D eigenvalue weighted by Crippen LogP contribution is -2.44. The van der Waals surface area contributed by atoms with Gasteiger partial charge in [-0.2, -0.15) is 16.4 Å². The average molecular weight is 547 g/mol. The number of thiophene rings is 1. The molecule has 0 saturated heterocycles. The van der Waals surface area contributed by atoms with Gasteiger partial charge in [0.15, 0.2) is 0 Å². The van der Waals surface area contributed by atoms with Crippen molar-refractivity contribution in [3.8, 4) is 22.7 Å². The van der Waals surface area contributed by atoms with E-state index in [-0.39, 0.29) is 35.4 Å². The molecule has 2 atom stereocenters. The smallest absolute Gasteiger partial charge is 0.240 e. The number of carbonyl (C=O) groups excluding carboxylic acids is 2. The Hall–Kier alpha value is -3.56. The van der Waals surface area contributed by atoms with Crippen LogP contribution in [0.5, 0.6) is 5.75 Å². The molecule has 0 aliphatic carbocycles. The number of aromatic nitrogens is 2. The number of thioether (sulfide) groups is 1. The predicted octanol–water partition coefficient (Wildman–Crippen LogP) is 5.69. The number of hydrogen-bond acceptors (Lipinski definition) is 6. The van der Waals surface area contributed by atoms with Gasteiger partial charge in [-0.1, -0.05) is 37.3 Å². The van der Waals surface area contributed by atoms with E-state index >= 15 is 0 Å². The molecule has 38 heavy (non-hydrogen) atoms.